The average Bonchev–Trinajstić information content (AvgIpc) is 2.01. The summed E-state index contributed by atoms with van der Waals surface area (Å²) in [4.78, 5) is 2.04. The second-order valence-corrected chi connectivity index (χ2v) is 4.59. The van der Waals surface area contributed by atoms with Crippen LogP contribution in [-0.4, -0.2) is 30.2 Å². The first-order chi connectivity index (χ1) is 6.61. The lowest BCUT2D eigenvalue weighted by molar-refractivity contribution is 0.217. The molecule has 0 radical (unpaired) electrons. The topological polar surface area (TPSA) is 23.5 Å². The zero-order valence-corrected chi connectivity index (χ0v) is 10.3. The number of likely N-dealkylation sites (N-methyl/N-ethyl adjacent to an activating group) is 1. The fourth-order valence-corrected chi connectivity index (χ4v) is 2.19. The summed E-state index contributed by atoms with van der Waals surface area (Å²) in [6.07, 6.45) is 0. The molecule has 0 aliphatic heterocycles. The number of hydrogen-bond acceptors (Lipinski definition) is 2. The minimum atomic E-state index is 0.179. The van der Waals surface area contributed by atoms with Gasteiger partial charge in [-0.05, 0) is 30.8 Å². The first kappa shape index (κ1) is 12.0. The van der Waals surface area contributed by atoms with Crippen LogP contribution in [0.15, 0.2) is 22.7 Å². The van der Waals surface area contributed by atoms with Gasteiger partial charge in [0.05, 0.1) is 6.61 Å². The molecule has 0 unspecified atom stereocenters. The van der Waals surface area contributed by atoms with Crippen molar-refractivity contribution in [2.75, 3.05) is 20.2 Å². The average molecular weight is 279 g/mol. The van der Waals surface area contributed by atoms with Gasteiger partial charge in [0.15, 0.2) is 0 Å². The largest absolute Gasteiger partial charge is 0.395 e. The van der Waals surface area contributed by atoms with E-state index in [-0.39, 0.29) is 6.61 Å². The Bertz CT molecular complexity index is 286. The summed E-state index contributed by atoms with van der Waals surface area (Å²) in [5, 5.41) is 9.48. The zero-order valence-electron chi connectivity index (χ0n) is 8.00. The zero-order chi connectivity index (χ0) is 10.6. The fraction of sp³-hybridized carbons (Fsp3) is 0.400. The summed E-state index contributed by atoms with van der Waals surface area (Å²) in [6, 6.07) is 5.82. The summed E-state index contributed by atoms with van der Waals surface area (Å²) in [5.74, 6) is 0. The van der Waals surface area contributed by atoms with Crippen LogP contribution in [0.3, 0.4) is 0 Å². The van der Waals surface area contributed by atoms with Gasteiger partial charge in [-0.3, -0.25) is 4.90 Å². The lowest BCUT2D eigenvalue weighted by Gasteiger charge is -2.15. The molecule has 2 nitrogen and oxygen atoms in total. The molecule has 0 aliphatic carbocycles. The highest BCUT2D eigenvalue weighted by molar-refractivity contribution is 9.10. The summed E-state index contributed by atoms with van der Waals surface area (Å²) < 4.78 is 0.984. The van der Waals surface area contributed by atoms with Crippen molar-refractivity contribution in [1.29, 1.82) is 0 Å². The molecule has 0 aromatic heterocycles. The van der Waals surface area contributed by atoms with Crippen molar-refractivity contribution >= 4 is 27.5 Å². The van der Waals surface area contributed by atoms with Gasteiger partial charge in [0.2, 0.25) is 0 Å². The van der Waals surface area contributed by atoms with E-state index in [4.69, 9.17) is 16.7 Å². The van der Waals surface area contributed by atoms with Crippen molar-refractivity contribution in [2.24, 2.45) is 0 Å². The first-order valence-electron chi connectivity index (χ1n) is 4.36. The van der Waals surface area contributed by atoms with Gasteiger partial charge in [-0.25, -0.2) is 0 Å². The van der Waals surface area contributed by atoms with E-state index in [1.807, 2.05) is 30.1 Å². The molecule has 1 rings (SSSR count). The number of nitrogens with zero attached hydrogens (tertiary/aromatic N) is 1. The Morgan fingerprint density at radius 3 is 2.71 bits per heavy atom. The quantitative estimate of drug-likeness (QED) is 0.915. The van der Waals surface area contributed by atoms with E-state index in [0.717, 1.165) is 21.6 Å². The molecule has 14 heavy (non-hydrogen) atoms. The maximum atomic E-state index is 8.75. The minimum absolute atomic E-state index is 0.179. The van der Waals surface area contributed by atoms with Crippen molar-refractivity contribution in [1.82, 2.24) is 4.90 Å². The molecule has 0 saturated heterocycles. The van der Waals surface area contributed by atoms with Gasteiger partial charge in [-0.2, -0.15) is 0 Å². The Labute approximate surface area is 97.6 Å². The van der Waals surface area contributed by atoms with E-state index in [2.05, 4.69) is 15.9 Å². The summed E-state index contributed by atoms with van der Waals surface area (Å²) in [6.45, 7) is 1.64. The van der Waals surface area contributed by atoms with Crippen LogP contribution in [0.1, 0.15) is 5.56 Å². The standard InChI is InChI=1S/C10H13BrClNO/c1-13(2-3-14)7-8-4-9(11)6-10(12)5-8/h4-6,14H,2-3,7H2,1H3. The van der Waals surface area contributed by atoms with E-state index in [1.54, 1.807) is 0 Å². The highest BCUT2D eigenvalue weighted by Gasteiger charge is 2.01. The van der Waals surface area contributed by atoms with Gasteiger partial charge in [0.25, 0.3) is 0 Å². The van der Waals surface area contributed by atoms with Crippen molar-refractivity contribution in [2.45, 2.75) is 6.54 Å². The molecule has 0 saturated carbocycles. The molecule has 78 valence electrons. The monoisotopic (exact) mass is 277 g/mol. The molecule has 0 heterocycles. The summed E-state index contributed by atoms with van der Waals surface area (Å²) >= 11 is 9.30. The van der Waals surface area contributed by atoms with E-state index >= 15 is 0 Å². The van der Waals surface area contributed by atoms with Crippen LogP contribution in [-0.2, 0) is 6.54 Å². The van der Waals surface area contributed by atoms with Crippen molar-refractivity contribution < 1.29 is 5.11 Å². The number of rotatable bonds is 4. The lowest BCUT2D eigenvalue weighted by Crippen LogP contribution is -2.21. The third kappa shape index (κ3) is 3.96. The Hall–Kier alpha value is -0.0900. The van der Waals surface area contributed by atoms with E-state index < -0.39 is 0 Å². The Morgan fingerprint density at radius 1 is 1.43 bits per heavy atom. The normalized spacial score (nSPS) is 10.9. The molecule has 0 amide bonds. The number of halogens is 2. The third-order valence-electron chi connectivity index (χ3n) is 1.86. The van der Waals surface area contributed by atoms with Crippen LogP contribution in [0.25, 0.3) is 0 Å². The molecule has 1 aromatic rings. The number of aliphatic hydroxyl groups excluding tert-OH is 1. The predicted octanol–water partition coefficient (Wildman–Crippen LogP) is 2.53. The van der Waals surface area contributed by atoms with Crippen LogP contribution in [0.2, 0.25) is 5.02 Å². The lowest BCUT2D eigenvalue weighted by atomic mass is 10.2. The van der Waals surface area contributed by atoms with Gasteiger partial charge in [0, 0.05) is 22.6 Å². The molecule has 0 atom stereocenters. The van der Waals surface area contributed by atoms with Crippen LogP contribution in [0, 0.1) is 0 Å². The third-order valence-corrected chi connectivity index (χ3v) is 2.53. The fourth-order valence-electron chi connectivity index (χ4n) is 1.26. The van der Waals surface area contributed by atoms with E-state index in [0.29, 0.717) is 6.54 Å². The van der Waals surface area contributed by atoms with E-state index in [1.165, 1.54) is 0 Å². The van der Waals surface area contributed by atoms with Crippen LogP contribution >= 0.6 is 27.5 Å². The SMILES string of the molecule is CN(CCO)Cc1cc(Cl)cc(Br)c1. The molecule has 0 bridgehead atoms. The van der Waals surface area contributed by atoms with E-state index in [9.17, 15) is 0 Å². The second-order valence-electron chi connectivity index (χ2n) is 3.24. The van der Waals surface area contributed by atoms with Gasteiger partial charge < -0.3 is 5.11 Å². The summed E-state index contributed by atoms with van der Waals surface area (Å²) in [5.41, 5.74) is 1.14. The Balaban J connectivity index is 2.66. The van der Waals surface area contributed by atoms with Crippen molar-refractivity contribution in [3.05, 3.63) is 33.3 Å². The van der Waals surface area contributed by atoms with Gasteiger partial charge in [0.1, 0.15) is 0 Å². The van der Waals surface area contributed by atoms with Gasteiger partial charge in [-0.15, -0.1) is 0 Å². The smallest absolute Gasteiger partial charge is 0.0558 e. The van der Waals surface area contributed by atoms with Gasteiger partial charge in [-0.1, -0.05) is 27.5 Å². The van der Waals surface area contributed by atoms with Crippen LogP contribution in [0.4, 0.5) is 0 Å². The second kappa shape index (κ2) is 5.71. The maximum Gasteiger partial charge on any atom is 0.0558 e. The molecule has 0 fully saturated rings. The van der Waals surface area contributed by atoms with Crippen LogP contribution < -0.4 is 0 Å². The Kier molecular flexibility index (Phi) is 4.89. The molecule has 0 spiro atoms. The highest BCUT2D eigenvalue weighted by atomic mass is 79.9. The van der Waals surface area contributed by atoms with Crippen LogP contribution in [0.5, 0.6) is 0 Å². The Morgan fingerprint density at radius 2 is 2.14 bits per heavy atom. The van der Waals surface area contributed by atoms with Crippen molar-refractivity contribution in [3.8, 4) is 0 Å². The van der Waals surface area contributed by atoms with Crippen molar-refractivity contribution in [3.63, 3.8) is 0 Å². The molecule has 4 heteroatoms. The predicted molar refractivity (Wildman–Crippen MR) is 62.6 cm³/mol. The molecule has 1 N–H and O–H groups in total. The minimum Gasteiger partial charge on any atom is -0.395 e. The van der Waals surface area contributed by atoms with Gasteiger partial charge >= 0.3 is 0 Å². The number of benzene rings is 1. The molecule has 1 aromatic carbocycles. The maximum absolute atomic E-state index is 8.75. The molecule has 0 aliphatic rings. The molecular weight excluding hydrogens is 265 g/mol. The first-order valence-corrected chi connectivity index (χ1v) is 5.53. The number of aliphatic hydroxyl groups is 1. The highest BCUT2D eigenvalue weighted by Crippen LogP contribution is 2.20. The summed E-state index contributed by atoms with van der Waals surface area (Å²) in [7, 11) is 1.96. The number of hydrogen-bond donors (Lipinski definition) is 1. The molecular formula is C10H13BrClNO.